The zero-order valence-electron chi connectivity index (χ0n) is 9.48. The smallest absolute Gasteiger partial charge is 0.158 e. The molecule has 0 aromatic heterocycles. The molecular formula is C11H20O4. The molecule has 2 atom stereocenters. The molecule has 0 bridgehead atoms. The fourth-order valence-electron chi connectivity index (χ4n) is 1.33. The largest absolute Gasteiger partial charge is 0.371 e. The predicted molar refractivity (Wildman–Crippen MR) is 54.6 cm³/mol. The molecule has 2 saturated heterocycles. The Kier molecular flexibility index (Phi) is 3.97. The lowest BCUT2D eigenvalue weighted by molar-refractivity contribution is -0.155. The van der Waals surface area contributed by atoms with Crippen molar-refractivity contribution in [1.82, 2.24) is 0 Å². The minimum absolute atomic E-state index is 0.0987. The number of rotatable bonds is 8. The van der Waals surface area contributed by atoms with E-state index in [4.69, 9.17) is 18.9 Å². The minimum atomic E-state index is -0.0987. The van der Waals surface area contributed by atoms with E-state index in [1.54, 1.807) is 0 Å². The summed E-state index contributed by atoms with van der Waals surface area (Å²) >= 11 is 0. The summed E-state index contributed by atoms with van der Waals surface area (Å²) in [5.74, 6) is 0.579. The molecule has 0 spiro atoms. The van der Waals surface area contributed by atoms with Crippen molar-refractivity contribution >= 4 is 0 Å². The van der Waals surface area contributed by atoms with Gasteiger partial charge >= 0.3 is 0 Å². The summed E-state index contributed by atoms with van der Waals surface area (Å²) in [5.41, 5.74) is 0. The van der Waals surface area contributed by atoms with Crippen LogP contribution in [0.4, 0.5) is 0 Å². The summed E-state index contributed by atoms with van der Waals surface area (Å²) in [6.45, 7) is 7.31. The van der Waals surface area contributed by atoms with Crippen molar-refractivity contribution in [2.45, 2.75) is 38.8 Å². The molecule has 0 amide bonds. The van der Waals surface area contributed by atoms with Gasteiger partial charge in [0.15, 0.2) is 6.29 Å². The second kappa shape index (κ2) is 5.25. The third kappa shape index (κ3) is 4.93. The molecule has 2 aliphatic heterocycles. The van der Waals surface area contributed by atoms with E-state index in [9.17, 15) is 0 Å². The first-order valence-electron chi connectivity index (χ1n) is 5.70. The van der Waals surface area contributed by atoms with Gasteiger partial charge < -0.3 is 18.9 Å². The number of hydrogen-bond donors (Lipinski definition) is 0. The maximum Gasteiger partial charge on any atom is 0.158 e. The van der Waals surface area contributed by atoms with Gasteiger partial charge in [0.2, 0.25) is 0 Å². The SMILES string of the molecule is CC(C)CC(OCC1CO1)OCC1CO1. The molecule has 2 aliphatic rings. The van der Waals surface area contributed by atoms with Gasteiger partial charge in [-0.1, -0.05) is 13.8 Å². The second-order valence-electron chi connectivity index (χ2n) is 4.64. The van der Waals surface area contributed by atoms with Gasteiger partial charge in [-0.2, -0.15) is 0 Å². The molecule has 4 heteroatoms. The Morgan fingerprint density at radius 3 is 1.87 bits per heavy atom. The maximum atomic E-state index is 5.65. The summed E-state index contributed by atoms with van der Waals surface area (Å²) in [7, 11) is 0. The van der Waals surface area contributed by atoms with E-state index in [2.05, 4.69) is 13.8 Å². The normalized spacial score (nSPS) is 30.6. The maximum absolute atomic E-state index is 5.65. The van der Waals surface area contributed by atoms with Gasteiger partial charge in [0.25, 0.3) is 0 Å². The average molecular weight is 216 g/mol. The van der Waals surface area contributed by atoms with Gasteiger partial charge in [0, 0.05) is 6.42 Å². The Labute approximate surface area is 90.8 Å². The fraction of sp³-hybridized carbons (Fsp3) is 1.00. The first kappa shape index (κ1) is 11.3. The lowest BCUT2D eigenvalue weighted by Crippen LogP contribution is -2.23. The number of ether oxygens (including phenoxy) is 4. The van der Waals surface area contributed by atoms with Crippen LogP contribution in [-0.2, 0) is 18.9 Å². The van der Waals surface area contributed by atoms with Crippen LogP contribution in [0.3, 0.4) is 0 Å². The average Bonchev–Trinajstić information content (AvgIpc) is 2.99. The summed E-state index contributed by atoms with van der Waals surface area (Å²) in [4.78, 5) is 0. The van der Waals surface area contributed by atoms with E-state index >= 15 is 0 Å². The van der Waals surface area contributed by atoms with Crippen LogP contribution >= 0.6 is 0 Å². The molecule has 0 saturated carbocycles. The van der Waals surface area contributed by atoms with Gasteiger partial charge in [-0.05, 0) is 5.92 Å². The molecule has 0 aromatic rings. The zero-order valence-corrected chi connectivity index (χ0v) is 9.48. The molecule has 2 fully saturated rings. The van der Waals surface area contributed by atoms with Crippen LogP contribution in [0.15, 0.2) is 0 Å². The first-order chi connectivity index (χ1) is 7.24. The van der Waals surface area contributed by atoms with E-state index in [1.807, 2.05) is 0 Å². The molecule has 15 heavy (non-hydrogen) atoms. The standard InChI is InChI=1S/C11H20O4/c1-8(2)3-11(14-6-9-4-12-9)15-7-10-5-13-10/h8-11H,3-7H2,1-2H3. The van der Waals surface area contributed by atoms with E-state index in [0.717, 1.165) is 19.6 Å². The Hall–Kier alpha value is -0.160. The van der Waals surface area contributed by atoms with E-state index in [0.29, 0.717) is 31.3 Å². The number of hydrogen-bond acceptors (Lipinski definition) is 4. The highest BCUT2D eigenvalue weighted by Crippen LogP contribution is 2.17. The summed E-state index contributed by atoms with van der Waals surface area (Å²) in [5, 5.41) is 0. The van der Waals surface area contributed by atoms with Crippen LogP contribution in [0.1, 0.15) is 20.3 Å². The quantitative estimate of drug-likeness (QED) is 0.451. The molecule has 2 heterocycles. The first-order valence-corrected chi connectivity index (χ1v) is 5.70. The van der Waals surface area contributed by atoms with Crippen LogP contribution in [0.2, 0.25) is 0 Å². The van der Waals surface area contributed by atoms with Crippen LogP contribution < -0.4 is 0 Å². The van der Waals surface area contributed by atoms with Gasteiger partial charge in [-0.25, -0.2) is 0 Å². The van der Waals surface area contributed by atoms with Crippen molar-refractivity contribution in [1.29, 1.82) is 0 Å². The molecule has 2 rings (SSSR count). The monoisotopic (exact) mass is 216 g/mol. The zero-order chi connectivity index (χ0) is 10.7. The van der Waals surface area contributed by atoms with Gasteiger partial charge in [0.05, 0.1) is 26.4 Å². The van der Waals surface area contributed by atoms with Gasteiger partial charge in [-0.3, -0.25) is 0 Å². The third-order valence-electron chi connectivity index (χ3n) is 2.40. The van der Waals surface area contributed by atoms with Crippen LogP contribution in [0.25, 0.3) is 0 Å². The molecule has 4 nitrogen and oxygen atoms in total. The molecule has 0 aliphatic carbocycles. The summed E-state index contributed by atoms with van der Waals surface area (Å²) in [6.07, 6.45) is 1.44. The van der Waals surface area contributed by atoms with E-state index < -0.39 is 0 Å². The van der Waals surface area contributed by atoms with Crippen molar-refractivity contribution in [2.75, 3.05) is 26.4 Å². The topological polar surface area (TPSA) is 43.5 Å². The molecule has 0 radical (unpaired) electrons. The number of epoxide rings is 2. The highest BCUT2D eigenvalue weighted by atomic mass is 16.7. The molecule has 0 aromatic carbocycles. The Morgan fingerprint density at radius 2 is 1.53 bits per heavy atom. The molecular weight excluding hydrogens is 196 g/mol. The van der Waals surface area contributed by atoms with Crippen LogP contribution in [0.5, 0.6) is 0 Å². The van der Waals surface area contributed by atoms with Gasteiger partial charge in [-0.15, -0.1) is 0 Å². The lowest BCUT2D eigenvalue weighted by Gasteiger charge is -2.19. The molecule has 88 valence electrons. The predicted octanol–water partition coefficient (Wildman–Crippen LogP) is 1.19. The van der Waals surface area contributed by atoms with Crippen molar-refractivity contribution < 1.29 is 18.9 Å². The fourth-order valence-corrected chi connectivity index (χ4v) is 1.33. The third-order valence-corrected chi connectivity index (χ3v) is 2.40. The van der Waals surface area contributed by atoms with Crippen molar-refractivity contribution in [3.8, 4) is 0 Å². The van der Waals surface area contributed by atoms with E-state index in [-0.39, 0.29) is 6.29 Å². The van der Waals surface area contributed by atoms with Crippen molar-refractivity contribution in [3.05, 3.63) is 0 Å². The summed E-state index contributed by atoms with van der Waals surface area (Å²) in [6, 6.07) is 0. The lowest BCUT2D eigenvalue weighted by atomic mass is 10.1. The minimum Gasteiger partial charge on any atom is -0.371 e. The van der Waals surface area contributed by atoms with Crippen molar-refractivity contribution in [3.63, 3.8) is 0 Å². The molecule has 0 N–H and O–H groups in total. The van der Waals surface area contributed by atoms with Crippen molar-refractivity contribution in [2.24, 2.45) is 5.92 Å². The Balaban J connectivity index is 1.62. The Morgan fingerprint density at radius 1 is 1.07 bits per heavy atom. The second-order valence-corrected chi connectivity index (χ2v) is 4.64. The van der Waals surface area contributed by atoms with Gasteiger partial charge in [0.1, 0.15) is 12.2 Å². The Bertz CT molecular complexity index is 171. The molecule has 2 unspecified atom stereocenters. The van der Waals surface area contributed by atoms with Crippen LogP contribution in [0, 0.1) is 5.92 Å². The highest BCUT2D eigenvalue weighted by Gasteiger charge is 2.27. The van der Waals surface area contributed by atoms with Crippen LogP contribution in [-0.4, -0.2) is 44.9 Å². The highest BCUT2D eigenvalue weighted by molar-refractivity contribution is 4.70. The summed E-state index contributed by atoms with van der Waals surface area (Å²) < 4.78 is 21.5. The van der Waals surface area contributed by atoms with E-state index in [1.165, 1.54) is 0 Å².